The zero-order chi connectivity index (χ0) is 18.7. The standard InChI is InChI=1S/C26H18O2/c1-17-14-15-25-21(16-17)26(20-10-4-7-13-24(20)28-25)18-8-2-5-11-22(18)27-23-12-6-3-9-19(23)26/h2-16H,1H3. The average Bonchev–Trinajstić information content (AvgIpc) is 2.74. The van der Waals surface area contributed by atoms with Gasteiger partial charge in [-0.1, -0.05) is 72.3 Å². The summed E-state index contributed by atoms with van der Waals surface area (Å²) in [5, 5.41) is 0. The van der Waals surface area contributed by atoms with Crippen LogP contribution in [0, 0.1) is 6.92 Å². The fraction of sp³-hybridized carbons (Fsp3) is 0.0769. The van der Waals surface area contributed by atoms with E-state index < -0.39 is 5.41 Å². The van der Waals surface area contributed by atoms with E-state index in [4.69, 9.17) is 9.47 Å². The Kier molecular flexibility index (Phi) is 3.05. The predicted molar refractivity (Wildman–Crippen MR) is 110 cm³/mol. The highest BCUT2D eigenvalue weighted by molar-refractivity contribution is 5.75. The van der Waals surface area contributed by atoms with Crippen molar-refractivity contribution in [3.8, 4) is 23.0 Å². The molecule has 28 heavy (non-hydrogen) atoms. The Balaban J connectivity index is 1.85. The van der Waals surface area contributed by atoms with Crippen molar-refractivity contribution >= 4 is 0 Å². The Morgan fingerprint density at radius 2 is 0.929 bits per heavy atom. The number of hydrogen-bond donors (Lipinski definition) is 0. The normalized spacial score (nSPS) is 14.8. The predicted octanol–water partition coefficient (Wildman–Crippen LogP) is 6.59. The van der Waals surface area contributed by atoms with Gasteiger partial charge in [-0.25, -0.2) is 0 Å². The van der Waals surface area contributed by atoms with Crippen LogP contribution in [0.2, 0.25) is 0 Å². The SMILES string of the molecule is Cc1ccc2c(c1)C1(c3ccccc3Oc3ccccc31)c1ccccc1O2. The molecular weight excluding hydrogens is 344 g/mol. The largest absolute Gasteiger partial charge is 0.457 e. The summed E-state index contributed by atoms with van der Waals surface area (Å²) in [5.41, 5.74) is 5.35. The molecule has 0 radical (unpaired) electrons. The molecule has 1 spiro atoms. The molecule has 0 atom stereocenters. The van der Waals surface area contributed by atoms with Crippen molar-refractivity contribution in [1.29, 1.82) is 0 Å². The molecule has 0 aromatic heterocycles. The van der Waals surface area contributed by atoms with Gasteiger partial charge in [-0.15, -0.1) is 0 Å². The molecule has 2 heterocycles. The minimum Gasteiger partial charge on any atom is -0.457 e. The smallest absolute Gasteiger partial charge is 0.132 e. The van der Waals surface area contributed by atoms with E-state index in [9.17, 15) is 0 Å². The van der Waals surface area contributed by atoms with Crippen molar-refractivity contribution in [2.45, 2.75) is 12.3 Å². The van der Waals surface area contributed by atoms with Crippen LogP contribution in [0.25, 0.3) is 0 Å². The monoisotopic (exact) mass is 362 g/mol. The number of rotatable bonds is 0. The Morgan fingerprint density at radius 3 is 1.43 bits per heavy atom. The third kappa shape index (κ3) is 1.87. The molecule has 2 aliphatic heterocycles. The minimum absolute atomic E-state index is 0.471. The molecule has 4 aromatic carbocycles. The van der Waals surface area contributed by atoms with Gasteiger partial charge < -0.3 is 9.47 Å². The Bertz CT molecular complexity index is 1140. The zero-order valence-corrected chi connectivity index (χ0v) is 15.5. The highest BCUT2D eigenvalue weighted by atomic mass is 16.5. The van der Waals surface area contributed by atoms with Crippen molar-refractivity contribution in [1.82, 2.24) is 0 Å². The summed E-state index contributed by atoms with van der Waals surface area (Å²) in [6.45, 7) is 2.13. The summed E-state index contributed by atoms with van der Waals surface area (Å²) >= 11 is 0. The van der Waals surface area contributed by atoms with E-state index in [0.717, 1.165) is 45.3 Å². The lowest BCUT2D eigenvalue weighted by Gasteiger charge is -2.44. The number of ether oxygens (including phenoxy) is 2. The summed E-state index contributed by atoms with van der Waals surface area (Å²) in [6, 6.07) is 31.5. The van der Waals surface area contributed by atoms with Gasteiger partial charge in [-0.2, -0.15) is 0 Å². The number of aryl methyl sites for hydroxylation is 1. The molecule has 0 amide bonds. The maximum absolute atomic E-state index is 6.35. The number of para-hydroxylation sites is 3. The number of hydrogen-bond acceptors (Lipinski definition) is 2. The van der Waals surface area contributed by atoms with E-state index in [-0.39, 0.29) is 0 Å². The number of fused-ring (bicyclic) bond motifs is 8. The molecule has 4 aromatic rings. The first kappa shape index (κ1) is 15.5. The van der Waals surface area contributed by atoms with Crippen molar-refractivity contribution in [2.75, 3.05) is 0 Å². The van der Waals surface area contributed by atoms with E-state index in [1.54, 1.807) is 0 Å². The van der Waals surface area contributed by atoms with Crippen LogP contribution in [0.5, 0.6) is 23.0 Å². The summed E-state index contributed by atoms with van der Waals surface area (Å²) < 4.78 is 12.7. The lowest BCUT2D eigenvalue weighted by Crippen LogP contribution is -2.36. The van der Waals surface area contributed by atoms with E-state index in [0.29, 0.717) is 0 Å². The molecular formula is C26H18O2. The van der Waals surface area contributed by atoms with Crippen LogP contribution in [0.3, 0.4) is 0 Å². The summed E-state index contributed by atoms with van der Waals surface area (Å²) in [5.74, 6) is 3.58. The van der Waals surface area contributed by atoms with Gasteiger partial charge in [0.05, 0.1) is 5.41 Å². The third-order valence-electron chi connectivity index (χ3n) is 5.85. The number of benzene rings is 4. The minimum atomic E-state index is -0.471. The third-order valence-corrected chi connectivity index (χ3v) is 5.85. The van der Waals surface area contributed by atoms with Crippen LogP contribution >= 0.6 is 0 Å². The molecule has 0 saturated carbocycles. The van der Waals surface area contributed by atoms with E-state index in [2.05, 4.69) is 79.7 Å². The van der Waals surface area contributed by atoms with Crippen molar-refractivity contribution < 1.29 is 9.47 Å². The van der Waals surface area contributed by atoms with Crippen LogP contribution in [0.4, 0.5) is 0 Å². The van der Waals surface area contributed by atoms with Gasteiger partial charge in [0.15, 0.2) is 0 Å². The van der Waals surface area contributed by atoms with Crippen LogP contribution in [0.1, 0.15) is 27.8 Å². The highest BCUT2D eigenvalue weighted by Crippen LogP contribution is 2.61. The van der Waals surface area contributed by atoms with Crippen LogP contribution in [-0.2, 0) is 5.41 Å². The Morgan fingerprint density at radius 1 is 0.500 bits per heavy atom. The van der Waals surface area contributed by atoms with Gasteiger partial charge in [0.2, 0.25) is 0 Å². The van der Waals surface area contributed by atoms with E-state index in [1.807, 2.05) is 18.2 Å². The van der Waals surface area contributed by atoms with Crippen molar-refractivity contribution in [3.05, 3.63) is 119 Å². The molecule has 2 nitrogen and oxygen atoms in total. The molecule has 0 aliphatic carbocycles. The van der Waals surface area contributed by atoms with Crippen LogP contribution in [0.15, 0.2) is 91.0 Å². The first-order valence-corrected chi connectivity index (χ1v) is 9.54. The fourth-order valence-corrected chi connectivity index (χ4v) is 4.73. The second-order valence-electron chi connectivity index (χ2n) is 7.44. The topological polar surface area (TPSA) is 18.5 Å². The molecule has 0 bridgehead atoms. The van der Waals surface area contributed by atoms with Gasteiger partial charge in [-0.05, 0) is 31.2 Å². The van der Waals surface area contributed by atoms with Gasteiger partial charge in [-0.3, -0.25) is 0 Å². The maximum Gasteiger partial charge on any atom is 0.132 e. The second kappa shape index (κ2) is 5.49. The lowest BCUT2D eigenvalue weighted by molar-refractivity contribution is 0.399. The van der Waals surface area contributed by atoms with E-state index in [1.165, 1.54) is 5.56 Å². The molecule has 2 aliphatic rings. The average molecular weight is 362 g/mol. The summed E-state index contributed by atoms with van der Waals surface area (Å²) in [4.78, 5) is 0. The lowest BCUT2D eigenvalue weighted by atomic mass is 9.62. The molecule has 0 unspecified atom stereocenters. The summed E-state index contributed by atoms with van der Waals surface area (Å²) in [7, 11) is 0. The van der Waals surface area contributed by atoms with Crippen molar-refractivity contribution in [2.24, 2.45) is 0 Å². The van der Waals surface area contributed by atoms with Gasteiger partial charge in [0.1, 0.15) is 23.0 Å². The second-order valence-corrected chi connectivity index (χ2v) is 7.44. The zero-order valence-electron chi connectivity index (χ0n) is 15.5. The van der Waals surface area contributed by atoms with Crippen molar-refractivity contribution in [3.63, 3.8) is 0 Å². The van der Waals surface area contributed by atoms with E-state index >= 15 is 0 Å². The van der Waals surface area contributed by atoms with Crippen LogP contribution in [-0.4, -0.2) is 0 Å². The first-order chi connectivity index (χ1) is 13.8. The molecule has 2 heteroatoms. The Hall–Kier alpha value is -3.52. The molecule has 0 N–H and O–H groups in total. The van der Waals surface area contributed by atoms with Crippen LogP contribution < -0.4 is 9.47 Å². The van der Waals surface area contributed by atoms with Gasteiger partial charge in [0, 0.05) is 22.3 Å². The fourth-order valence-electron chi connectivity index (χ4n) is 4.73. The Labute approximate surface area is 164 Å². The first-order valence-electron chi connectivity index (χ1n) is 9.54. The molecule has 6 rings (SSSR count). The quantitative estimate of drug-likeness (QED) is 0.303. The summed E-state index contributed by atoms with van der Waals surface area (Å²) in [6.07, 6.45) is 0. The highest BCUT2D eigenvalue weighted by Gasteiger charge is 2.50. The molecule has 0 fully saturated rings. The maximum atomic E-state index is 6.35. The van der Waals surface area contributed by atoms with Gasteiger partial charge in [0.25, 0.3) is 0 Å². The van der Waals surface area contributed by atoms with Gasteiger partial charge >= 0.3 is 0 Å². The molecule has 134 valence electrons. The molecule has 0 saturated heterocycles.